The van der Waals surface area contributed by atoms with Gasteiger partial charge in [0, 0.05) is 32.8 Å². The van der Waals surface area contributed by atoms with Gasteiger partial charge in [-0.05, 0) is 83.9 Å². The first-order valence-corrected chi connectivity index (χ1v) is 29.7. The maximum absolute atomic E-state index is 11.3. The Morgan fingerprint density at radius 2 is 0.800 bits per heavy atom. The number of hydrogen-bond donors (Lipinski definition) is 6. The van der Waals surface area contributed by atoms with Crippen LogP contribution in [0.1, 0.15) is 56.6 Å². The van der Waals surface area contributed by atoms with E-state index in [1.807, 2.05) is 18.2 Å². The number of benzene rings is 6. The summed E-state index contributed by atoms with van der Waals surface area (Å²) in [5.41, 5.74) is 3.04. The smallest absolute Gasteiger partial charge is 1.00 e. The maximum Gasteiger partial charge on any atom is 1.00 e. The molecule has 6 aromatic carbocycles. The molecule has 4 heterocycles. The number of carbonyl (C=O) groups excluding carboxylic acids is 3. The van der Waals surface area contributed by atoms with Crippen LogP contribution in [0.3, 0.4) is 0 Å². The van der Waals surface area contributed by atoms with Crippen LogP contribution in [-0.4, -0.2) is 159 Å². The normalized spacial score (nSPS) is 10.7. The molecule has 28 nitrogen and oxygen atoms in total. The van der Waals surface area contributed by atoms with Crippen molar-refractivity contribution in [2.75, 3.05) is 88.8 Å². The first-order valence-electron chi connectivity index (χ1n) is 24.7. The van der Waals surface area contributed by atoms with Gasteiger partial charge < -0.3 is 125 Å². The summed E-state index contributed by atoms with van der Waals surface area (Å²) in [6, 6.07) is 18.3. The van der Waals surface area contributed by atoms with Crippen LogP contribution < -0.4 is 110 Å². The van der Waals surface area contributed by atoms with E-state index in [1.54, 1.807) is 51.7 Å². The van der Waals surface area contributed by atoms with E-state index in [9.17, 15) is 24.6 Å². The van der Waals surface area contributed by atoms with Gasteiger partial charge in [0.05, 0.1) is 85.0 Å². The zero-order valence-corrected chi connectivity index (χ0v) is 58.6. The molecule has 0 atom stereocenters. The van der Waals surface area contributed by atoms with Crippen molar-refractivity contribution in [3.05, 3.63) is 124 Å². The van der Waals surface area contributed by atoms with E-state index < -0.39 is 55.9 Å². The molecular formula is C58H66AlBrCl4LiN2NaO26S. The zero-order valence-electron chi connectivity index (χ0n) is 52.1. The molecule has 37 heteroatoms. The van der Waals surface area contributed by atoms with E-state index in [4.69, 9.17) is 128 Å². The third-order valence-electron chi connectivity index (χ3n) is 11.0. The Morgan fingerprint density at radius 1 is 0.526 bits per heavy atom. The van der Waals surface area contributed by atoms with Gasteiger partial charge in [0.25, 0.3) is 0 Å². The summed E-state index contributed by atoms with van der Waals surface area (Å²) in [5, 5.41) is 60.6. The fraction of sp³-hybridized carbons (Fsp3) is 0.293. The van der Waals surface area contributed by atoms with E-state index in [0.29, 0.717) is 91.8 Å². The summed E-state index contributed by atoms with van der Waals surface area (Å²) in [6.07, 6.45) is 0. The van der Waals surface area contributed by atoms with Crippen molar-refractivity contribution in [3.8, 4) is 103 Å². The van der Waals surface area contributed by atoms with E-state index in [1.165, 1.54) is 41.6 Å². The Kier molecular flexibility index (Phi) is 48.0. The molecule has 0 fully saturated rings. The van der Waals surface area contributed by atoms with E-state index in [-0.39, 0.29) is 125 Å². The molecule has 6 aromatic rings. The van der Waals surface area contributed by atoms with Crippen LogP contribution >= 0.6 is 60.5 Å². The second-order valence-electron chi connectivity index (χ2n) is 16.3. The summed E-state index contributed by atoms with van der Waals surface area (Å²) < 4.78 is 89.3. The number of alkyl halides is 3. The van der Waals surface area contributed by atoms with Crippen molar-refractivity contribution in [1.29, 1.82) is 5.26 Å². The summed E-state index contributed by atoms with van der Waals surface area (Å²) >= 11 is 13.5. The standard InChI is InChI=1S/C10H9NO3.C10H10O5.C9H9ClO3.C9H10O5.C9H10O4.C8H8O5.CH2BrCl.CN.CH4.Al.Cl2OS.Li.Na.4H/c1-11-5-7-3-8(12-2)10-9(4-7)13-6-14-10;1-12-7-3-6(10(11)13-2)4-8-9(7)15-5-14-8;1-11-7-2-6(4-10)3-8-9(7)13-5-12-8;1-13-7-4-5(9(12)14-2)3-6(10)8(7)11;1-11-7-2-6(4-10)3-8-9(7)13-5-12-8;1-13-8(12)4-2-5(9)7(11)6(10)3-4;2-1-3;1-2;;;1-4(2)3;;;;;;/h3-4H,5-6H2,2H3;3-4H,5H2,1-2H3;2-3H,4-5H2,1H3;3-4,10-11H,1-2H3;2-3,10H,4-5H2,1H3;2-3,9-11H,1H3;1H2;;1H4;;;;;;;;/q;;;;;;;-1;;;;2*+1;;;;-1. The van der Waals surface area contributed by atoms with Crippen LogP contribution in [0.4, 0.5) is 0 Å². The average molecular weight is 1520 g/mol. The SMILES string of the molecule is C.COC(=O)c1cc(O)c(O)c(O)c1.COC(=O)c1cc(O)c(O)c(OC)c1.COC(=O)c1cc(OC)c2c(c1)OCO2.COc1cc(CCl)cc2c1OCO2.COc1cc(CO)cc2c1OCO2.ClCBr.O=S(Cl)Cl.[AlH3].[C-]#N.[C-]#[N+]Cc1cc(OC)c2c(c1)OCO2.[H-].[Li+].[Na+]. The number of aliphatic hydroxyl groups excluding tert-OH is 1. The number of rotatable bonds is 11. The van der Waals surface area contributed by atoms with Gasteiger partial charge in [-0.25, -0.2) is 25.2 Å². The van der Waals surface area contributed by atoms with Crippen molar-refractivity contribution in [1.82, 2.24) is 0 Å². The predicted octanol–water partition coefficient (Wildman–Crippen LogP) is 3.90. The Balaban J connectivity index is -0.000000511. The number of halogens is 5. The molecular weight excluding hydrogens is 1450 g/mol. The predicted molar refractivity (Wildman–Crippen MR) is 346 cm³/mol. The Hall–Kier alpha value is -7.01. The third-order valence-corrected chi connectivity index (χ3v) is 11.3. The van der Waals surface area contributed by atoms with E-state index >= 15 is 0 Å². The van der Waals surface area contributed by atoms with Gasteiger partial charge in [0.15, 0.2) is 92.1 Å². The monoisotopic (exact) mass is 1510 g/mol. The summed E-state index contributed by atoms with van der Waals surface area (Å²) in [6.45, 7) is 12.6. The number of aromatic hydroxyl groups is 5. The molecule has 4 aliphatic rings. The molecule has 6 N–H and O–H groups in total. The molecule has 0 unspecified atom stereocenters. The van der Waals surface area contributed by atoms with Crippen molar-refractivity contribution in [2.45, 2.75) is 26.5 Å². The Bertz CT molecular complexity index is 3410. The molecule has 0 bridgehead atoms. The average Bonchev–Trinajstić information content (AvgIpc) is 1.43. The van der Waals surface area contributed by atoms with Crippen LogP contribution in [0.15, 0.2) is 72.8 Å². The van der Waals surface area contributed by atoms with Crippen molar-refractivity contribution in [2.24, 2.45) is 0 Å². The molecule has 0 aromatic heterocycles. The largest absolute Gasteiger partial charge is 1.00 e. The van der Waals surface area contributed by atoms with E-state index in [2.05, 4.69) is 56.4 Å². The van der Waals surface area contributed by atoms with Gasteiger partial charge in [-0.1, -0.05) is 23.4 Å². The first-order chi connectivity index (χ1) is 43.6. The fourth-order valence-corrected chi connectivity index (χ4v) is 7.25. The number of hydrogen-bond acceptors (Lipinski definition) is 27. The van der Waals surface area contributed by atoms with Crippen molar-refractivity contribution in [3.63, 3.8) is 0 Å². The molecule has 0 saturated carbocycles. The van der Waals surface area contributed by atoms with Crippen LogP contribution in [0, 0.1) is 18.4 Å². The minimum absolute atomic E-state index is 0. The van der Waals surface area contributed by atoms with Gasteiger partial charge in [-0.2, -0.15) is 0 Å². The third kappa shape index (κ3) is 28.7. The number of methoxy groups -OCH3 is 8. The molecule has 10 rings (SSSR count). The number of fused-ring (bicyclic) bond motifs is 4. The topological polar surface area (TPSA) is 365 Å². The molecule has 0 radical (unpaired) electrons. The van der Waals surface area contributed by atoms with Crippen LogP contribution in [0.5, 0.6) is 103 Å². The zero-order chi connectivity index (χ0) is 68.3. The number of nitrogens with zero attached hydrogens (tertiary/aromatic N) is 2. The number of phenolic OH excluding ortho intramolecular Hbond substituents is 5. The van der Waals surface area contributed by atoms with Crippen molar-refractivity contribution < 1.29 is 175 Å². The second-order valence-corrected chi connectivity index (χ2v) is 20.6. The second kappa shape index (κ2) is 49.5. The minimum atomic E-state index is -1.67. The summed E-state index contributed by atoms with van der Waals surface area (Å²) in [7, 11) is 18.6. The molecule has 0 amide bonds. The molecule has 95 heavy (non-hydrogen) atoms. The molecule has 510 valence electrons. The Labute approximate surface area is 622 Å². The Morgan fingerprint density at radius 3 is 1.13 bits per heavy atom. The van der Waals surface area contributed by atoms with Crippen LogP contribution in [-0.2, 0) is 42.5 Å². The molecule has 4 aliphatic heterocycles. The molecule has 0 spiro atoms. The quantitative estimate of drug-likeness (QED) is 0.0204. The van der Waals surface area contributed by atoms with Crippen molar-refractivity contribution >= 4 is 105 Å². The van der Waals surface area contributed by atoms with Gasteiger partial charge >= 0.3 is 66.3 Å². The summed E-state index contributed by atoms with van der Waals surface area (Å²) in [4.78, 5) is 37.1. The number of carbonyl (C=O) groups is 3. The number of phenols is 5. The number of esters is 3. The summed E-state index contributed by atoms with van der Waals surface area (Å²) in [5.74, 6) is 3.33. The van der Waals surface area contributed by atoms with Crippen LogP contribution in [0.2, 0.25) is 0 Å². The molecule has 0 aliphatic carbocycles. The number of ether oxygens (including phenoxy) is 16. The van der Waals surface area contributed by atoms with Gasteiger partial charge in [0.1, 0.15) is 0 Å². The molecule has 0 saturated heterocycles. The number of aliphatic hydroxyl groups is 1. The first kappa shape index (κ1) is 92.2. The van der Waals surface area contributed by atoms with Gasteiger partial charge in [0.2, 0.25) is 71.7 Å². The van der Waals surface area contributed by atoms with E-state index in [0.717, 1.165) is 34.9 Å². The minimum Gasteiger partial charge on any atom is -1.00 e. The fourth-order valence-electron chi connectivity index (χ4n) is 7.09. The van der Waals surface area contributed by atoms with Crippen LogP contribution in [0.25, 0.3) is 4.85 Å². The van der Waals surface area contributed by atoms with Gasteiger partial charge in [-0.3, -0.25) is 0 Å². The van der Waals surface area contributed by atoms with Gasteiger partial charge in [-0.15, -0.1) is 23.2 Å². The maximum atomic E-state index is 11.3.